The zero-order chi connectivity index (χ0) is 20.9. The minimum atomic E-state index is -0.392. The summed E-state index contributed by atoms with van der Waals surface area (Å²) in [5.74, 6) is -0.325. The van der Waals surface area contributed by atoms with Gasteiger partial charge in [0.25, 0.3) is 5.56 Å². The van der Waals surface area contributed by atoms with Crippen molar-refractivity contribution in [2.45, 2.75) is 34.2 Å². The fraction of sp³-hybridized carbons (Fsp3) is 0.217. The minimum absolute atomic E-state index is 0.264. The fourth-order valence-electron chi connectivity index (χ4n) is 3.46. The lowest BCUT2D eigenvalue weighted by atomic mass is 10.1. The van der Waals surface area contributed by atoms with Crippen molar-refractivity contribution in [1.82, 2.24) is 9.13 Å². The minimum Gasteiger partial charge on any atom is -0.280 e. The van der Waals surface area contributed by atoms with Gasteiger partial charge in [-0.15, -0.1) is 11.3 Å². The molecule has 2 aromatic carbocycles. The Morgan fingerprint density at radius 3 is 2.28 bits per heavy atom. The van der Waals surface area contributed by atoms with Gasteiger partial charge < -0.3 is 0 Å². The number of fused-ring (bicyclic) bond motifs is 1. The van der Waals surface area contributed by atoms with Gasteiger partial charge in [0.15, 0.2) is 0 Å². The highest BCUT2D eigenvalue weighted by Gasteiger charge is 2.20. The molecule has 0 fully saturated rings. The second kappa shape index (κ2) is 7.12. The summed E-state index contributed by atoms with van der Waals surface area (Å²) < 4.78 is 16.2. The van der Waals surface area contributed by atoms with E-state index in [1.165, 1.54) is 28.0 Å². The smallest absolute Gasteiger partial charge is 0.280 e. The van der Waals surface area contributed by atoms with Gasteiger partial charge in [0.1, 0.15) is 10.6 Å². The van der Waals surface area contributed by atoms with Gasteiger partial charge in [-0.2, -0.15) is 0 Å². The molecule has 0 radical (unpaired) electrons. The van der Waals surface area contributed by atoms with Crippen molar-refractivity contribution in [2.75, 3.05) is 0 Å². The van der Waals surface area contributed by atoms with Crippen molar-refractivity contribution in [3.8, 4) is 5.69 Å². The molecule has 0 bridgehead atoms. The predicted molar refractivity (Wildman–Crippen MR) is 116 cm³/mol. The van der Waals surface area contributed by atoms with Crippen molar-refractivity contribution in [2.24, 2.45) is 0 Å². The molecule has 4 nitrogen and oxygen atoms in total. The molecule has 0 spiro atoms. The second-order valence-electron chi connectivity index (χ2n) is 7.37. The summed E-state index contributed by atoms with van der Waals surface area (Å²) in [6.07, 6.45) is 0. The number of hydrogen-bond acceptors (Lipinski definition) is 3. The van der Waals surface area contributed by atoms with E-state index in [0.717, 1.165) is 27.1 Å². The van der Waals surface area contributed by atoms with Crippen molar-refractivity contribution < 1.29 is 4.39 Å². The number of benzene rings is 2. The summed E-state index contributed by atoms with van der Waals surface area (Å²) in [4.78, 5) is 28.4. The van der Waals surface area contributed by atoms with Gasteiger partial charge >= 0.3 is 5.69 Å². The molecule has 0 N–H and O–H groups in total. The molecule has 0 aliphatic heterocycles. The molecule has 0 unspecified atom stereocenters. The molecule has 0 saturated heterocycles. The maximum absolute atomic E-state index is 13.5. The molecule has 0 aliphatic carbocycles. The first kappa shape index (κ1) is 19.3. The molecular formula is C23H21FN2O2S. The van der Waals surface area contributed by atoms with E-state index in [1.54, 1.807) is 22.8 Å². The first-order valence-electron chi connectivity index (χ1n) is 9.35. The maximum Gasteiger partial charge on any atom is 0.337 e. The molecule has 2 heterocycles. The van der Waals surface area contributed by atoms with E-state index in [1.807, 2.05) is 39.8 Å². The third-order valence-corrected chi connectivity index (χ3v) is 6.68. The number of thiophene rings is 1. The van der Waals surface area contributed by atoms with E-state index in [2.05, 4.69) is 0 Å². The van der Waals surface area contributed by atoms with Gasteiger partial charge in [0, 0.05) is 4.88 Å². The van der Waals surface area contributed by atoms with Gasteiger partial charge in [0.2, 0.25) is 0 Å². The highest BCUT2D eigenvalue weighted by molar-refractivity contribution is 7.18. The van der Waals surface area contributed by atoms with E-state index < -0.39 is 5.69 Å². The van der Waals surface area contributed by atoms with Gasteiger partial charge in [0.05, 0.1) is 17.6 Å². The lowest BCUT2D eigenvalue weighted by Gasteiger charge is -2.13. The van der Waals surface area contributed by atoms with Crippen molar-refractivity contribution in [1.29, 1.82) is 0 Å². The normalized spacial score (nSPS) is 11.3. The number of aromatic nitrogens is 2. The lowest BCUT2D eigenvalue weighted by Crippen LogP contribution is -2.39. The molecule has 0 aliphatic rings. The van der Waals surface area contributed by atoms with Crippen LogP contribution in [0.1, 0.15) is 27.1 Å². The maximum atomic E-state index is 13.5. The monoisotopic (exact) mass is 408 g/mol. The van der Waals surface area contributed by atoms with Crippen molar-refractivity contribution >= 4 is 21.6 Å². The Balaban J connectivity index is 2.05. The van der Waals surface area contributed by atoms with E-state index in [-0.39, 0.29) is 17.9 Å². The van der Waals surface area contributed by atoms with Crippen LogP contribution in [0.3, 0.4) is 0 Å². The molecule has 0 atom stereocenters. The molecule has 2 aromatic heterocycles. The molecule has 0 saturated carbocycles. The predicted octanol–water partition coefficient (Wildman–Crippen LogP) is 4.63. The largest absolute Gasteiger partial charge is 0.337 e. The average molecular weight is 408 g/mol. The highest BCUT2D eigenvalue weighted by atomic mass is 32.1. The summed E-state index contributed by atoms with van der Waals surface area (Å²) in [6, 6.07) is 11.6. The third-order valence-electron chi connectivity index (χ3n) is 5.45. The first-order chi connectivity index (χ1) is 13.8. The summed E-state index contributed by atoms with van der Waals surface area (Å²) in [6.45, 7) is 8.07. The van der Waals surface area contributed by atoms with Crippen molar-refractivity contribution in [3.05, 3.63) is 96.3 Å². The van der Waals surface area contributed by atoms with Crippen LogP contribution in [-0.2, 0) is 6.54 Å². The van der Waals surface area contributed by atoms with Crippen LogP contribution in [0.15, 0.2) is 52.1 Å². The zero-order valence-corrected chi connectivity index (χ0v) is 17.6. The van der Waals surface area contributed by atoms with Crippen LogP contribution < -0.4 is 11.2 Å². The molecule has 6 heteroatoms. The number of rotatable bonds is 3. The topological polar surface area (TPSA) is 44.0 Å². The Hall–Kier alpha value is -2.99. The molecule has 4 aromatic rings. The van der Waals surface area contributed by atoms with Crippen LogP contribution in [0.4, 0.5) is 4.39 Å². The quantitative estimate of drug-likeness (QED) is 0.496. The summed E-state index contributed by atoms with van der Waals surface area (Å²) in [5.41, 5.74) is 3.65. The molecule has 4 rings (SSSR count). The first-order valence-corrected chi connectivity index (χ1v) is 10.2. The molecular weight excluding hydrogens is 387 g/mol. The Kier molecular flexibility index (Phi) is 4.74. The Bertz CT molecular complexity index is 1360. The number of hydrogen-bond donors (Lipinski definition) is 0. The summed E-state index contributed by atoms with van der Waals surface area (Å²) >= 11 is 1.44. The van der Waals surface area contributed by atoms with Crippen LogP contribution >= 0.6 is 11.3 Å². The van der Waals surface area contributed by atoms with Crippen LogP contribution in [0.2, 0.25) is 0 Å². The standard InChI is InChI=1S/C23H21FN2O2S/c1-13-5-10-19(11-14(13)2)26-21(27)20-15(3)16(4)29-22(20)25(23(26)28)12-17-6-8-18(24)9-7-17/h5-11H,12H2,1-4H3. The van der Waals surface area contributed by atoms with Gasteiger partial charge in [-0.25, -0.2) is 13.8 Å². The second-order valence-corrected chi connectivity index (χ2v) is 8.57. The van der Waals surface area contributed by atoms with E-state index in [0.29, 0.717) is 15.9 Å². The Morgan fingerprint density at radius 2 is 1.62 bits per heavy atom. The number of halogens is 1. The highest BCUT2D eigenvalue weighted by Crippen LogP contribution is 2.27. The number of nitrogens with zero attached hydrogens (tertiary/aromatic N) is 2. The SMILES string of the molecule is Cc1ccc(-n2c(=O)c3c(C)c(C)sc3n(Cc3ccc(F)cc3)c2=O)cc1C. The van der Waals surface area contributed by atoms with Crippen LogP contribution in [0.5, 0.6) is 0 Å². The van der Waals surface area contributed by atoms with Gasteiger partial charge in [-0.05, 0) is 74.2 Å². The zero-order valence-electron chi connectivity index (χ0n) is 16.7. The molecule has 0 amide bonds. The lowest BCUT2D eigenvalue weighted by molar-refractivity contribution is 0.626. The molecule has 29 heavy (non-hydrogen) atoms. The Labute approximate surface area is 171 Å². The van der Waals surface area contributed by atoms with E-state index >= 15 is 0 Å². The van der Waals surface area contributed by atoms with Crippen LogP contribution in [0.25, 0.3) is 15.9 Å². The van der Waals surface area contributed by atoms with Crippen LogP contribution in [0, 0.1) is 33.5 Å². The van der Waals surface area contributed by atoms with Crippen LogP contribution in [-0.4, -0.2) is 9.13 Å². The van der Waals surface area contributed by atoms with Gasteiger partial charge in [-0.1, -0.05) is 18.2 Å². The summed E-state index contributed by atoms with van der Waals surface area (Å²) in [7, 11) is 0. The van der Waals surface area contributed by atoms with Gasteiger partial charge in [-0.3, -0.25) is 9.36 Å². The number of aryl methyl sites for hydroxylation is 4. The van der Waals surface area contributed by atoms with E-state index in [4.69, 9.17) is 0 Å². The third kappa shape index (κ3) is 3.23. The van der Waals surface area contributed by atoms with Crippen molar-refractivity contribution in [3.63, 3.8) is 0 Å². The van der Waals surface area contributed by atoms with E-state index in [9.17, 15) is 14.0 Å². The average Bonchev–Trinajstić information content (AvgIpc) is 2.98. The molecule has 148 valence electrons. The Morgan fingerprint density at radius 1 is 0.931 bits per heavy atom. The summed E-state index contributed by atoms with van der Waals surface area (Å²) in [5, 5.41) is 0.562. The fourth-order valence-corrected chi connectivity index (χ4v) is 4.60.